The lowest BCUT2D eigenvalue weighted by atomic mass is 10.1. The van der Waals surface area contributed by atoms with E-state index in [0.29, 0.717) is 12.4 Å². The van der Waals surface area contributed by atoms with Gasteiger partial charge in [0.2, 0.25) is 0 Å². The highest BCUT2D eigenvalue weighted by Crippen LogP contribution is 2.28. The maximum absolute atomic E-state index is 12.0. The first-order chi connectivity index (χ1) is 14.0. The number of hydrogen-bond donors (Lipinski definition) is 2. The Morgan fingerprint density at radius 1 is 1.10 bits per heavy atom. The maximum Gasteiger partial charge on any atom is 0.315 e. The minimum atomic E-state index is -0.289. The number of carbonyl (C=O) groups excluding carboxylic acids is 1. The van der Waals surface area contributed by atoms with Crippen molar-refractivity contribution in [2.45, 2.75) is 44.6 Å². The molecule has 0 aliphatic rings. The number of aromatic nitrogens is 3. The third-order valence-electron chi connectivity index (χ3n) is 4.64. The molecule has 1 atom stereocenters. The topological polar surface area (TPSA) is 71.8 Å². The van der Waals surface area contributed by atoms with Gasteiger partial charge < -0.3 is 10.6 Å². The Balaban J connectivity index is 1.91. The summed E-state index contributed by atoms with van der Waals surface area (Å²) in [6.07, 6.45) is 0. The standard InChI is InChI=1S/C22H27N5OS/c1-5-23-21(28)24-17(4)20-25-26-22(27(20)19-12-10-15(2)11-13-19)29-14-18-9-7-6-8-16(18)3/h6-13,17H,5,14H2,1-4H3,(H2,23,24,28)/t17-/m1/s1. The summed E-state index contributed by atoms with van der Waals surface area (Å²) in [6, 6.07) is 16.1. The van der Waals surface area contributed by atoms with E-state index in [-0.39, 0.29) is 12.1 Å². The second kappa shape index (κ2) is 9.60. The normalized spacial score (nSPS) is 11.9. The number of amides is 2. The molecule has 0 saturated heterocycles. The van der Waals surface area contributed by atoms with Gasteiger partial charge in [0.05, 0.1) is 6.04 Å². The molecule has 0 spiro atoms. The van der Waals surface area contributed by atoms with Crippen LogP contribution in [0.15, 0.2) is 53.7 Å². The molecule has 6 nitrogen and oxygen atoms in total. The van der Waals surface area contributed by atoms with Crippen LogP contribution >= 0.6 is 11.8 Å². The monoisotopic (exact) mass is 409 g/mol. The second-order valence-electron chi connectivity index (χ2n) is 6.95. The average Bonchev–Trinajstić information content (AvgIpc) is 3.12. The Kier molecular flexibility index (Phi) is 6.93. The number of thioether (sulfide) groups is 1. The molecule has 29 heavy (non-hydrogen) atoms. The summed E-state index contributed by atoms with van der Waals surface area (Å²) < 4.78 is 2.03. The molecule has 2 aromatic carbocycles. The van der Waals surface area contributed by atoms with Gasteiger partial charge in [-0.25, -0.2) is 4.79 Å². The van der Waals surface area contributed by atoms with Crippen LogP contribution in [-0.2, 0) is 5.75 Å². The van der Waals surface area contributed by atoms with Crippen molar-refractivity contribution < 1.29 is 4.79 Å². The van der Waals surface area contributed by atoms with E-state index in [2.05, 4.69) is 77.1 Å². The first-order valence-electron chi connectivity index (χ1n) is 9.73. The summed E-state index contributed by atoms with van der Waals surface area (Å²) >= 11 is 1.64. The van der Waals surface area contributed by atoms with E-state index in [1.54, 1.807) is 11.8 Å². The zero-order chi connectivity index (χ0) is 20.8. The second-order valence-corrected chi connectivity index (χ2v) is 7.89. The van der Waals surface area contributed by atoms with E-state index in [1.165, 1.54) is 16.7 Å². The lowest BCUT2D eigenvalue weighted by Gasteiger charge is -2.16. The predicted octanol–water partition coefficient (Wildman–Crippen LogP) is 4.56. The molecule has 0 unspecified atom stereocenters. The molecule has 0 aliphatic carbocycles. The molecule has 0 radical (unpaired) electrons. The van der Waals surface area contributed by atoms with Crippen LogP contribution in [0.25, 0.3) is 5.69 Å². The SMILES string of the molecule is CCNC(=O)N[C@H](C)c1nnc(SCc2ccccc2C)n1-c1ccc(C)cc1. The van der Waals surface area contributed by atoms with Crippen LogP contribution in [0.2, 0.25) is 0 Å². The molecule has 152 valence electrons. The van der Waals surface area contributed by atoms with Crippen LogP contribution in [0.4, 0.5) is 4.79 Å². The van der Waals surface area contributed by atoms with Crippen LogP contribution < -0.4 is 10.6 Å². The fraction of sp³-hybridized carbons (Fsp3) is 0.318. The van der Waals surface area contributed by atoms with Crippen molar-refractivity contribution in [2.24, 2.45) is 0 Å². The molecule has 7 heteroatoms. The summed E-state index contributed by atoms with van der Waals surface area (Å²) in [7, 11) is 0. The zero-order valence-electron chi connectivity index (χ0n) is 17.3. The van der Waals surface area contributed by atoms with E-state index in [1.807, 2.05) is 24.5 Å². The Morgan fingerprint density at radius 2 is 1.83 bits per heavy atom. The lowest BCUT2D eigenvalue weighted by molar-refractivity contribution is 0.238. The highest BCUT2D eigenvalue weighted by atomic mass is 32.2. The van der Waals surface area contributed by atoms with Gasteiger partial charge in [0, 0.05) is 18.0 Å². The quantitative estimate of drug-likeness (QED) is 0.561. The zero-order valence-corrected chi connectivity index (χ0v) is 18.1. The van der Waals surface area contributed by atoms with Crippen molar-refractivity contribution in [3.8, 4) is 5.69 Å². The number of nitrogens with zero attached hydrogens (tertiary/aromatic N) is 3. The van der Waals surface area contributed by atoms with Gasteiger partial charge in [-0.1, -0.05) is 53.7 Å². The van der Waals surface area contributed by atoms with E-state index < -0.39 is 0 Å². The summed E-state index contributed by atoms with van der Waals surface area (Å²) in [5.41, 5.74) is 4.69. The predicted molar refractivity (Wildman–Crippen MR) is 117 cm³/mol. The molecule has 3 rings (SSSR count). The Hall–Kier alpha value is -2.80. The van der Waals surface area contributed by atoms with Crippen LogP contribution in [0.1, 0.15) is 42.4 Å². The maximum atomic E-state index is 12.0. The van der Waals surface area contributed by atoms with Crippen LogP contribution in [0.5, 0.6) is 0 Å². The summed E-state index contributed by atoms with van der Waals surface area (Å²) in [6.45, 7) is 8.55. The number of aryl methyl sites for hydroxylation is 2. The largest absolute Gasteiger partial charge is 0.338 e. The lowest BCUT2D eigenvalue weighted by Crippen LogP contribution is -2.37. The third-order valence-corrected chi connectivity index (χ3v) is 5.62. The van der Waals surface area contributed by atoms with E-state index in [9.17, 15) is 4.79 Å². The van der Waals surface area contributed by atoms with Crippen LogP contribution in [0.3, 0.4) is 0 Å². The van der Waals surface area contributed by atoms with Crippen molar-refractivity contribution in [3.05, 3.63) is 71.0 Å². The molecule has 0 aliphatic heterocycles. The minimum absolute atomic E-state index is 0.215. The highest BCUT2D eigenvalue weighted by molar-refractivity contribution is 7.98. The van der Waals surface area contributed by atoms with Gasteiger partial charge in [0.15, 0.2) is 11.0 Å². The summed E-state index contributed by atoms with van der Waals surface area (Å²) in [5, 5.41) is 15.3. The van der Waals surface area contributed by atoms with Crippen molar-refractivity contribution in [3.63, 3.8) is 0 Å². The van der Waals surface area contributed by atoms with Crippen molar-refractivity contribution in [2.75, 3.05) is 6.54 Å². The van der Waals surface area contributed by atoms with Crippen molar-refractivity contribution >= 4 is 17.8 Å². The average molecular weight is 410 g/mol. The molecule has 0 fully saturated rings. The molecule has 0 bridgehead atoms. The third kappa shape index (κ3) is 5.17. The Morgan fingerprint density at radius 3 is 2.52 bits per heavy atom. The number of benzene rings is 2. The number of hydrogen-bond acceptors (Lipinski definition) is 4. The van der Waals surface area contributed by atoms with Gasteiger partial charge in [-0.3, -0.25) is 4.57 Å². The molecule has 1 aromatic heterocycles. The summed E-state index contributed by atoms with van der Waals surface area (Å²) in [4.78, 5) is 12.0. The van der Waals surface area contributed by atoms with Gasteiger partial charge >= 0.3 is 6.03 Å². The van der Waals surface area contributed by atoms with Crippen LogP contribution in [0, 0.1) is 13.8 Å². The molecule has 1 heterocycles. The van der Waals surface area contributed by atoms with Crippen LogP contribution in [-0.4, -0.2) is 27.3 Å². The van der Waals surface area contributed by atoms with E-state index in [0.717, 1.165) is 16.6 Å². The highest BCUT2D eigenvalue weighted by Gasteiger charge is 2.21. The van der Waals surface area contributed by atoms with Gasteiger partial charge in [-0.2, -0.15) is 0 Å². The van der Waals surface area contributed by atoms with Gasteiger partial charge in [0.1, 0.15) is 0 Å². The number of rotatable bonds is 7. The molecule has 3 aromatic rings. The first-order valence-corrected chi connectivity index (χ1v) is 10.7. The van der Waals surface area contributed by atoms with Crippen molar-refractivity contribution in [1.82, 2.24) is 25.4 Å². The van der Waals surface area contributed by atoms with Gasteiger partial charge in [-0.15, -0.1) is 10.2 Å². The fourth-order valence-electron chi connectivity index (χ4n) is 2.98. The first kappa shape index (κ1) is 20.9. The number of urea groups is 1. The summed E-state index contributed by atoms with van der Waals surface area (Å²) in [5.74, 6) is 1.50. The smallest absolute Gasteiger partial charge is 0.315 e. The molecule has 0 saturated carbocycles. The Labute approximate surface area is 176 Å². The molecular formula is C22H27N5OS. The molecule has 2 N–H and O–H groups in total. The van der Waals surface area contributed by atoms with Gasteiger partial charge in [0.25, 0.3) is 0 Å². The molecular weight excluding hydrogens is 382 g/mol. The minimum Gasteiger partial charge on any atom is -0.338 e. The van der Waals surface area contributed by atoms with Gasteiger partial charge in [-0.05, 0) is 51.0 Å². The number of carbonyl (C=O) groups is 1. The Bertz CT molecular complexity index is 968. The number of nitrogens with one attached hydrogen (secondary N) is 2. The van der Waals surface area contributed by atoms with Crippen molar-refractivity contribution in [1.29, 1.82) is 0 Å². The van der Waals surface area contributed by atoms with E-state index in [4.69, 9.17) is 0 Å². The molecule has 2 amide bonds. The fourth-order valence-corrected chi connectivity index (χ4v) is 4.01. The van der Waals surface area contributed by atoms with E-state index >= 15 is 0 Å².